The van der Waals surface area contributed by atoms with Gasteiger partial charge >= 0.3 is 0 Å². The summed E-state index contributed by atoms with van der Waals surface area (Å²) < 4.78 is 0. The molecule has 0 fully saturated rings. The molecule has 0 aliphatic carbocycles. The summed E-state index contributed by atoms with van der Waals surface area (Å²) in [4.78, 5) is 11.7. The Morgan fingerprint density at radius 1 is 1.10 bits per heavy atom. The second kappa shape index (κ2) is 6.64. The quantitative estimate of drug-likeness (QED) is 0.898. The molecule has 0 atom stereocenters. The highest BCUT2D eigenvalue weighted by Gasteiger charge is 2.07. The van der Waals surface area contributed by atoms with E-state index in [1.54, 1.807) is 7.05 Å². The minimum atomic E-state index is -0.0827. The Hall–Kier alpha value is -2.00. The van der Waals surface area contributed by atoms with Gasteiger partial charge in [-0.1, -0.05) is 23.7 Å². The van der Waals surface area contributed by atoms with Crippen LogP contribution in [0.3, 0.4) is 0 Å². The first kappa shape index (κ1) is 15.4. The Morgan fingerprint density at radius 3 is 2.52 bits per heavy atom. The third kappa shape index (κ3) is 3.76. The third-order valence-electron chi connectivity index (χ3n) is 3.50. The van der Waals surface area contributed by atoms with Crippen molar-refractivity contribution in [1.82, 2.24) is 5.32 Å². The number of rotatable bonds is 4. The van der Waals surface area contributed by atoms with Crippen LogP contribution in [0.1, 0.15) is 27.0 Å². The zero-order chi connectivity index (χ0) is 15.4. The van der Waals surface area contributed by atoms with Crippen molar-refractivity contribution in [3.05, 3.63) is 63.7 Å². The van der Waals surface area contributed by atoms with Gasteiger partial charge in [-0.2, -0.15) is 0 Å². The van der Waals surface area contributed by atoms with E-state index in [0.717, 1.165) is 21.8 Å². The number of nitrogens with one attached hydrogen (secondary N) is 2. The lowest BCUT2D eigenvalue weighted by Gasteiger charge is -2.13. The number of carbonyl (C=O) groups excluding carboxylic acids is 1. The van der Waals surface area contributed by atoms with Gasteiger partial charge in [0.2, 0.25) is 0 Å². The average molecular weight is 303 g/mol. The SMILES string of the molecule is CNC(=O)c1ccc(C)c(NCc2ccc(Cl)cc2C)c1. The average Bonchev–Trinajstić information content (AvgIpc) is 2.47. The summed E-state index contributed by atoms with van der Waals surface area (Å²) in [6.45, 7) is 4.75. The maximum absolute atomic E-state index is 11.7. The van der Waals surface area contributed by atoms with Crippen molar-refractivity contribution in [2.75, 3.05) is 12.4 Å². The Kier molecular flexibility index (Phi) is 4.86. The van der Waals surface area contributed by atoms with Gasteiger partial charge in [0.05, 0.1) is 0 Å². The lowest BCUT2D eigenvalue weighted by Crippen LogP contribution is -2.18. The van der Waals surface area contributed by atoms with Crippen LogP contribution in [0.2, 0.25) is 5.02 Å². The first-order valence-corrected chi connectivity index (χ1v) is 7.20. The molecule has 3 nitrogen and oxygen atoms in total. The molecular weight excluding hydrogens is 284 g/mol. The first-order chi connectivity index (χ1) is 10.0. The van der Waals surface area contributed by atoms with E-state index in [1.807, 2.05) is 50.2 Å². The van der Waals surface area contributed by atoms with Gasteiger partial charge < -0.3 is 10.6 Å². The summed E-state index contributed by atoms with van der Waals surface area (Å²) in [5.41, 5.74) is 5.05. The molecular formula is C17H19ClN2O. The molecule has 2 aromatic carbocycles. The second-order valence-electron chi connectivity index (χ2n) is 5.03. The number of halogens is 1. The number of hydrogen-bond donors (Lipinski definition) is 2. The molecule has 0 aromatic heterocycles. The minimum absolute atomic E-state index is 0.0827. The molecule has 1 amide bonds. The fourth-order valence-electron chi connectivity index (χ4n) is 2.15. The molecule has 0 saturated carbocycles. The number of benzene rings is 2. The van der Waals surface area contributed by atoms with Gasteiger partial charge in [0, 0.05) is 29.9 Å². The van der Waals surface area contributed by atoms with E-state index < -0.39 is 0 Å². The maximum Gasteiger partial charge on any atom is 0.251 e. The molecule has 4 heteroatoms. The van der Waals surface area contributed by atoms with Crippen molar-refractivity contribution in [3.63, 3.8) is 0 Å². The molecule has 0 spiro atoms. The number of amides is 1. The van der Waals surface area contributed by atoms with Crippen LogP contribution < -0.4 is 10.6 Å². The van der Waals surface area contributed by atoms with Crippen LogP contribution >= 0.6 is 11.6 Å². The monoisotopic (exact) mass is 302 g/mol. The van der Waals surface area contributed by atoms with Crippen molar-refractivity contribution < 1.29 is 4.79 Å². The van der Waals surface area contributed by atoms with E-state index in [1.165, 1.54) is 5.56 Å². The number of aryl methyl sites for hydroxylation is 2. The number of carbonyl (C=O) groups is 1. The Labute approximate surface area is 130 Å². The van der Waals surface area contributed by atoms with Crippen molar-refractivity contribution in [2.45, 2.75) is 20.4 Å². The van der Waals surface area contributed by atoms with Crippen LogP contribution in [0, 0.1) is 13.8 Å². The summed E-state index contributed by atoms with van der Waals surface area (Å²) in [5.74, 6) is -0.0827. The fraction of sp³-hybridized carbons (Fsp3) is 0.235. The van der Waals surface area contributed by atoms with Gasteiger partial charge in [-0.15, -0.1) is 0 Å². The molecule has 21 heavy (non-hydrogen) atoms. The standard InChI is InChI=1S/C17H19ClN2O/c1-11-4-5-13(17(21)19-3)9-16(11)20-10-14-6-7-15(18)8-12(14)2/h4-9,20H,10H2,1-3H3,(H,19,21). The van der Waals surface area contributed by atoms with E-state index in [2.05, 4.69) is 10.6 Å². The molecule has 2 N–H and O–H groups in total. The highest BCUT2D eigenvalue weighted by Crippen LogP contribution is 2.20. The van der Waals surface area contributed by atoms with E-state index >= 15 is 0 Å². The van der Waals surface area contributed by atoms with Crippen LogP contribution in [0.15, 0.2) is 36.4 Å². The molecule has 0 aliphatic rings. The van der Waals surface area contributed by atoms with E-state index in [-0.39, 0.29) is 5.91 Å². The van der Waals surface area contributed by atoms with E-state index in [4.69, 9.17) is 11.6 Å². The van der Waals surface area contributed by atoms with Crippen LogP contribution in [0.25, 0.3) is 0 Å². The van der Waals surface area contributed by atoms with Crippen LogP contribution in [-0.4, -0.2) is 13.0 Å². The lowest BCUT2D eigenvalue weighted by molar-refractivity contribution is 0.0963. The number of hydrogen-bond acceptors (Lipinski definition) is 2. The summed E-state index contributed by atoms with van der Waals surface area (Å²) in [6.07, 6.45) is 0. The van der Waals surface area contributed by atoms with Gasteiger partial charge in [0.25, 0.3) is 5.91 Å². The molecule has 0 saturated heterocycles. The molecule has 0 heterocycles. The predicted molar refractivity (Wildman–Crippen MR) is 88.1 cm³/mol. The minimum Gasteiger partial charge on any atom is -0.381 e. The highest BCUT2D eigenvalue weighted by atomic mass is 35.5. The lowest BCUT2D eigenvalue weighted by atomic mass is 10.1. The topological polar surface area (TPSA) is 41.1 Å². The van der Waals surface area contributed by atoms with Crippen LogP contribution in [-0.2, 0) is 6.54 Å². The van der Waals surface area contributed by atoms with E-state index in [0.29, 0.717) is 12.1 Å². The Morgan fingerprint density at radius 2 is 1.86 bits per heavy atom. The third-order valence-corrected chi connectivity index (χ3v) is 3.74. The summed E-state index contributed by atoms with van der Waals surface area (Å²) in [7, 11) is 1.63. The fourth-order valence-corrected chi connectivity index (χ4v) is 2.37. The van der Waals surface area contributed by atoms with Crippen molar-refractivity contribution in [2.24, 2.45) is 0 Å². The van der Waals surface area contributed by atoms with Gasteiger partial charge in [-0.05, 0) is 54.8 Å². The maximum atomic E-state index is 11.7. The summed E-state index contributed by atoms with van der Waals surface area (Å²) in [5, 5.41) is 6.77. The van der Waals surface area contributed by atoms with Crippen LogP contribution in [0.4, 0.5) is 5.69 Å². The summed E-state index contributed by atoms with van der Waals surface area (Å²) >= 11 is 5.97. The molecule has 0 bridgehead atoms. The van der Waals surface area contributed by atoms with Gasteiger partial charge in [0.1, 0.15) is 0 Å². The molecule has 2 rings (SSSR count). The molecule has 0 aliphatic heterocycles. The zero-order valence-corrected chi connectivity index (χ0v) is 13.2. The first-order valence-electron chi connectivity index (χ1n) is 6.83. The second-order valence-corrected chi connectivity index (χ2v) is 5.47. The normalized spacial score (nSPS) is 10.3. The van der Waals surface area contributed by atoms with E-state index in [9.17, 15) is 4.79 Å². The Bertz CT molecular complexity index is 668. The van der Waals surface area contributed by atoms with Gasteiger partial charge in [0.15, 0.2) is 0 Å². The smallest absolute Gasteiger partial charge is 0.251 e. The number of anilines is 1. The molecule has 0 unspecified atom stereocenters. The van der Waals surface area contributed by atoms with Crippen molar-refractivity contribution in [1.29, 1.82) is 0 Å². The Balaban J connectivity index is 2.17. The highest BCUT2D eigenvalue weighted by molar-refractivity contribution is 6.30. The molecule has 2 aromatic rings. The van der Waals surface area contributed by atoms with Crippen molar-refractivity contribution in [3.8, 4) is 0 Å². The zero-order valence-electron chi connectivity index (χ0n) is 12.5. The van der Waals surface area contributed by atoms with Gasteiger partial charge in [-0.3, -0.25) is 4.79 Å². The predicted octanol–water partition coefficient (Wildman–Crippen LogP) is 3.93. The largest absolute Gasteiger partial charge is 0.381 e. The molecule has 0 radical (unpaired) electrons. The molecule has 110 valence electrons. The summed E-state index contributed by atoms with van der Waals surface area (Å²) in [6, 6.07) is 11.5. The van der Waals surface area contributed by atoms with Gasteiger partial charge in [-0.25, -0.2) is 0 Å². The van der Waals surface area contributed by atoms with Crippen molar-refractivity contribution >= 4 is 23.2 Å². The van der Waals surface area contributed by atoms with Crippen LogP contribution in [0.5, 0.6) is 0 Å².